The summed E-state index contributed by atoms with van der Waals surface area (Å²) in [6.45, 7) is 6.84. The topological polar surface area (TPSA) is 45.3 Å². The Kier molecular flexibility index (Phi) is 3.36. The number of nitrogens with zero attached hydrogens (tertiary/aromatic N) is 1. The average Bonchev–Trinajstić information content (AvgIpc) is 2.76. The molecule has 0 bridgehead atoms. The Balaban J connectivity index is 1.88. The number of amides is 1. The third-order valence-electron chi connectivity index (χ3n) is 3.61. The summed E-state index contributed by atoms with van der Waals surface area (Å²) >= 11 is 6.23. The molecule has 3 rings (SSSR count). The van der Waals surface area contributed by atoms with Crippen LogP contribution in [0.2, 0.25) is 5.02 Å². The summed E-state index contributed by atoms with van der Waals surface area (Å²) in [6.07, 6.45) is 0.549. The smallest absolute Gasteiger partial charge is 0.410 e. The first-order valence-electron chi connectivity index (χ1n) is 7.11. The van der Waals surface area contributed by atoms with E-state index in [1.807, 2.05) is 32.9 Å². The maximum atomic E-state index is 12.2. The van der Waals surface area contributed by atoms with Crippen molar-refractivity contribution in [2.75, 3.05) is 6.54 Å². The zero-order valence-corrected chi connectivity index (χ0v) is 13.3. The Bertz CT molecular complexity index is 700. The summed E-state index contributed by atoms with van der Waals surface area (Å²) in [5, 5.41) is 1.87. The van der Waals surface area contributed by atoms with Gasteiger partial charge in [0.1, 0.15) is 5.60 Å². The van der Waals surface area contributed by atoms with Crippen LogP contribution in [0.1, 0.15) is 32.0 Å². The molecule has 112 valence electrons. The van der Waals surface area contributed by atoms with E-state index in [9.17, 15) is 4.79 Å². The number of nitrogens with one attached hydrogen (secondary N) is 1. The van der Waals surface area contributed by atoms with Crippen LogP contribution in [0.25, 0.3) is 10.9 Å². The number of ether oxygens (including phenoxy) is 1. The lowest BCUT2D eigenvalue weighted by molar-refractivity contribution is 0.0222. The van der Waals surface area contributed by atoms with Gasteiger partial charge in [-0.05, 0) is 38.8 Å². The van der Waals surface area contributed by atoms with E-state index in [-0.39, 0.29) is 6.09 Å². The number of halogens is 1. The van der Waals surface area contributed by atoms with Gasteiger partial charge in [0.25, 0.3) is 0 Å². The van der Waals surface area contributed by atoms with E-state index in [4.69, 9.17) is 16.3 Å². The van der Waals surface area contributed by atoms with Gasteiger partial charge < -0.3 is 14.6 Å². The molecule has 0 atom stereocenters. The van der Waals surface area contributed by atoms with Gasteiger partial charge in [0.2, 0.25) is 0 Å². The maximum Gasteiger partial charge on any atom is 0.410 e. The zero-order valence-electron chi connectivity index (χ0n) is 12.5. The first kappa shape index (κ1) is 14.3. The summed E-state index contributed by atoms with van der Waals surface area (Å²) in [5.74, 6) is 0. The van der Waals surface area contributed by atoms with Gasteiger partial charge >= 0.3 is 6.09 Å². The number of fused-ring (bicyclic) bond motifs is 3. The number of hydrogen-bond acceptors (Lipinski definition) is 2. The minimum absolute atomic E-state index is 0.266. The van der Waals surface area contributed by atoms with Crippen LogP contribution in [-0.2, 0) is 17.7 Å². The molecule has 5 heteroatoms. The van der Waals surface area contributed by atoms with Gasteiger partial charge in [0, 0.05) is 17.6 Å². The van der Waals surface area contributed by atoms with Crippen LogP contribution < -0.4 is 0 Å². The summed E-state index contributed by atoms with van der Waals surface area (Å²) in [5.41, 5.74) is 2.79. The van der Waals surface area contributed by atoms with Crippen LogP contribution in [0.4, 0.5) is 4.79 Å². The number of para-hydroxylation sites is 1. The highest BCUT2D eigenvalue weighted by Gasteiger charge is 2.27. The first-order chi connectivity index (χ1) is 9.85. The largest absolute Gasteiger partial charge is 0.444 e. The lowest BCUT2D eigenvalue weighted by Crippen LogP contribution is -2.39. The molecule has 2 aromatic rings. The standard InChI is InChI=1S/C16H19ClN2O2/c1-16(2,3)21-15(20)19-8-7-10-11-5-4-6-12(17)14(11)18-13(10)9-19/h4-6,18H,7-9H2,1-3H3. The number of H-pyrrole nitrogens is 1. The van der Waals surface area contributed by atoms with Gasteiger partial charge in [-0.1, -0.05) is 23.7 Å². The van der Waals surface area contributed by atoms with Crippen molar-refractivity contribution in [2.45, 2.75) is 39.3 Å². The lowest BCUT2D eigenvalue weighted by atomic mass is 10.0. The Hall–Kier alpha value is -1.68. The summed E-state index contributed by atoms with van der Waals surface area (Å²) < 4.78 is 5.44. The van der Waals surface area contributed by atoms with Crippen molar-refractivity contribution in [1.29, 1.82) is 0 Å². The molecule has 0 unspecified atom stereocenters. The van der Waals surface area contributed by atoms with Crippen LogP contribution >= 0.6 is 11.6 Å². The molecule has 0 radical (unpaired) electrons. The lowest BCUT2D eigenvalue weighted by Gasteiger charge is -2.30. The second-order valence-corrected chi connectivity index (χ2v) is 6.80. The molecule has 21 heavy (non-hydrogen) atoms. The molecule has 1 aliphatic rings. The molecule has 0 saturated heterocycles. The second kappa shape index (κ2) is 4.95. The number of carbonyl (C=O) groups is 1. The maximum absolute atomic E-state index is 12.2. The van der Waals surface area contributed by atoms with Crippen molar-refractivity contribution in [3.63, 3.8) is 0 Å². The summed E-state index contributed by atoms with van der Waals surface area (Å²) in [7, 11) is 0. The fourth-order valence-electron chi connectivity index (χ4n) is 2.71. The van der Waals surface area contributed by atoms with Crippen molar-refractivity contribution in [3.8, 4) is 0 Å². The van der Waals surface area contributed by atoms with Gasteiger partial charge in [-0.15, -0.1) is 0 Å². The van der Waals surface area contributed by atoms with Gasteiger partial charge in [-0.3, -0.25) is 0 Å². The van der Waals surface area contributed by atoms with Gasteiger partial charge in [-0.25, -0.2) is 4.79 Å². The molecule has 1 aliphatic heterocycles. The van der Waals surface area contributed by atoms with Gasteiger partial charge in [0.15, 0.2) is 0 Å². The Morgan fingerprint density at radius 1 is 1.38 bits per heavy atom. The molecule has 1 aromatic carbocycles. The SMILES string of the molecule is CC(C)(C)OC(=O)N1CCc2c([nH]c3c(Cl)cccc23)C1. The van der Waals surface area contributed by atoms with E-state index in [0.717, 1.165) is 23.0 Å². The van der Waals surface area contributed by atoms with Crippen molar-refractivity contribution >= 4 is 28.6 Å². The Labute approximate surface area is 129 Å². The van der Waals surface area contributed by atoms with E-state index in [1.54, 1.807) is 4.90 Å². The number of aromatic amines is 1. The first-order valence-corrected chi connectivity index (χ1v) is 7.49. The van der Waals surface area contributed by atoms with Crippen molar-refractivity contribution < 1.29 is 9.53 Å². The zero-order chi connectivity index (χ0) is 15.2. The molecule has 0 fully saturated rings. The van der Waals surface area contributed by atoms with E-state index >= 15 is 0 Å². The minimum atomic E-state index is -0.471. The minimum Gasteiger partial charge on any atom is -0.444 e. The highest BCUT2D eigenvalue weighted by atomic mass is 35.5. The Morgan fingerprint density at radius 2 is 2.14 bits per heavy atom. The van der Waals surface area contributed by atoms with Crippen LogP contribution in [-0.4, -0.2) is 28.1 Å². The monoisotopic (exact) mass is 306 g/mol. The molecule has 1 N–H and O–H groups in total. The molecular formula is C16H19ClN2O2. The summed E-state index contributed by atoms with van der Waals surface area (Å²) in [6, 6.07) is 5.90. The van der Waals surface area contributed by atoms with Crippen molar-refractivity contribution in [1.82, 2.24) is 9.88 Å². The molecule has 0 saturated carbocycles. The number of carbonyl (C=O) groups excluding carboxylic acids is 1. The van der Waals surface area contributed by atoms with Crippen LogP contribution in [0.15, 0.2) is 18.2 Å². The van der Waals surface area contributed by atoms with Crippen molar-refractivity contribution in [3.05, 3.63) is 34.5 Å². The number of aromatic nitrogens is 1. The van der Waals surface area contributed by atoms with E-state index in [0.29, 0.717) is 18.1 Å². The molecule has 2 heterocycles. The van der Waals surface area contributed by atoms with Gasteiger partial charge in [-0.2, -0.15) is 0 Å². The average molecular weight is 307 g/mol. The van der Waals surface area contributed by atoms with Crippen LogP contribution in [0.5, 0.6) is 0 Å². The van der Waals surface area contributed by atoms with Crippen LogP contribution in [0.3, 0.4) is 0 Å². The van der Waals surface area contributed by atoms with E-state index in [2.05, 4.69) is 11.1 Å². The summed E-state index contributed by atoms with van der Waals surface area (Å²) in [4.78, 5) is 17.3. The second-order valence-electron chi connectivity index (χ2n) is 6.40. The van der Waals surface area contributed by atoms with E-state index < -0.39 is 5.60 Å². The third kappa shape index (κ3) is 2.72. The normalized spacial score (nSPS) is 15.1. The van der Waals surface area contributed by atoms with Gasteiger partial charge in [0.05, 0.1) is 17.1 Å². The molecule has 0 aliphatic carbocycles. The predicted molar refractivity (Wildman–Crippen MR) is 83.7 cm³/mol. The number of benzene rings is 1. The molecule has 1 aromatic heterocycles. The van der Waals surface area contributed by atoms with Crippen LogP contribution in [0, 0.1) is 0 Å². The quantitative estimate of drug-likeness (QED) is 0.796. The predicted octanol–water partition coefficient (Wildman–Crippen LogP) is 4.11. The highest BCUT2D eigenvalue weighted by Crippen LogP contribution is 2.31. The van der Waals surface area contributed by atoms with E-state index in [1.165, 1.54) is 5.56 Å². The third-order valence-corrected chi connectivity index (χ3v) is 3.93. The Morgan fingerprint density at radius 3 is 2.86 bits per heavy atom. The molecule has 4 nitrogen and oxygen atoms in total. The highest BCUT2D eigenvalue weighted by molar-refractivity contribution is 6.35. The fraction of sp³-hybridized carbons (Fsp3) is 0.438. The molecule has 0 spiro atoms. The fourth-order valence-corrected chi connectivity index (χ4v) is 2.93. The molecular weight excluding hydrogens is 288 g/mol. The number of rotatable bonds is 0. The molecule has 1 amide bonds. The number of hydrogen-bond donors (Lipinski definition) is 1. The van der Waals surface area contributed by atoms with Crippen molar-refractivity contribution in [2.24, 2.45) is 0 Å².